The van der Waals surface area contributed by atoms with E-state index in [1.54, 1.807) is 24.3 Å². The summed E-state index contributed by atoms with van der Waals surface area (Å²) in [5.41, 5.74) is 4.09. The van der Waals surface area contributed by atoms with Gasteiger partial charge in [0.1, 0.15) is 11.6 Å². The van der Waals surface area contributed by atoms with Gasteiger partial charge in [-0.1, -0.05) is 17.7 Å². The van der Waals surface area contributed by atoms with Crippen LogP contribution in [-0.4, -0.2) is 35.2 Å². The van der Waals surface area contributed by atoms with Crippen LogP contribution in [0.5, 0.6) is 0 Å². The number of carbonyl (C=O) groups excluding carboxylic acids is 1. The molecule has 3 N–H and O–H groups in total. The van der Waals surface area contributed by atoms with E-state index in [0.717, 1.165) is 35.6 Å². The van der Waals surface area contributed by atoms with Crippen LogP contribution < -0.4 is 15.5 Å². The molecule has 1 aliphatic heterocycles. The van der Waals surface area contributed by atoms with E-state index >= 15 is 0 Å². The quantitative estimate of drug-likeness (QED) is 0.499. The predicted octanol–water partition coefficient (Wildman–Crippen LogP) is 4.92. The Labute approximate surface area is 193 Å². The van der Waals surface area contributed by atoms with Gasteiger partial charge in [0, 0.05) is 36.2 Å². The number of anilines is 3. The molecule has 1 atom stereocenters. The van der Waals surface area contributed by atoms with Gasteiger partial charge in [-0.3, -0.25) is 4.79 Å². The van der Waals surface area contributed by atoms with E-state index in [1.807, 2.05) is 38.1 Å². The summed E-state index contributed by atoms with van der Waals surface area (Å²) in [6.07, 6.45) is 2.65. The minimum Gasteiger partial charge on any atom is -0.393 e. The van der Waals surface area contributed by atoms with Crippen molar-refractivity contribution >= 4 is 23.1 Å². The Hall–Kier alpha value is -3.45. The van der Waals surface area contributed by atoms with Gasteiger partial charge in [-0.15, -0.1) is 0 Å². The maximum absolute atomic E-state index is 14.1. The Balaban J connectivity index is 1.44. The highest BCUT2D eigenvalue weighted by Gasteiger charge is 2.22. The highest BCUT2D eigenvalue weighted by molar-refractivity contribution is 6.04. The fourth-order valence-electron chi connectivity index (χ4n) is 4.02. The second-order valence-electron chi connectivity index (χ2n) is 8.54. The smallest absolute Gasteiger partial charge is 0.257 e. The maximum atomic E-state index is 14.1. The third kappa shape index (κ3) is 5.68. The lowest BCUT2D eigenvalue weighted by atomic mass is 10.0. The molecule has 7 heteroatoms. The number of aliphatic hydroxyl groups is 1. The van der Waals surface area contributed by atoms with Crippen LogP contribution in [-0.2, 0) is 0 Å². The van der Waals surface area contributed by atoms with Crippen molar-refractivity contribution in [3.8, 4) is 0 Å². The van der Waals surface area contributed by atoms with Crippen LogP contribution >= 0.6 is 0 Å². The molecule has 3 aromatic rings. The van der Waals surface area contributed by atoms with E-state index in [9.17, 15) is 14.3 Å². The van der Waals surface area contributed by atoms with Crippen LogP contribution in [0, 0.1) is 12.7 Å². The Kier molecular flexibility index (Phi) is 6.89. The first-order valence-corrected chi connectivity index (χ1v) is 11.2. The van der Waals surface area contributed by atoms with E-state index in [-0.39, 0.29) is 23.9 Å². The monoisotopic (exact) mass is 448 g/mol. The summed E-state index contributed by atoms with van der Waals surface area (Å²) < 4.78 is 14.1. The van der Waals surface area contributed by atoms with Crippen molar-refractivity contribution in [3.05, 3.63) is 83.3 Å². The molecule has 33 heavy (non-hydrogen) atoms. The zero-order valence-electron chi connectivity index (χ0n) is 18.9. The minimum atomic E-state index is -0.296. The standard InChI is InChI=1S/C26H29FN4O2/c1-17-3-7-21(8-4-17)30-26(33)19-5-10-25(28-16-19)29-18(2)23-15-20(27)6-9-24(23)31-13-11-22(32)12-14-31/h3-10,15-16,18,22,32H,11-14H2,1-2H3,(H,28,29)(H,30,33). The molecule has 0 saturated carbocycles. The number of benzene rings is 2. The molecule has 6 nitrogen and oxygen atoms in total. The second-order valence-corrected chi connectivity index (χ2v) is 8.54. The average Bonchev–Trinajstić information content (AvgIpc) is 2.81. The third-order valence-corrected chi connectivity index (χ3v) is 5.96. The van der Waals surface area contributed by atoms with E-state index < -0.39 is 0 Å². The number of aromatic nitrogens is 1. The molecule has 1 amide bonds. The highest BCUT2D eigenvalue weighted by atomic mass is 19.1. The SMILES string of the molecule is Cc1ccc(NC(=O)c2ccc(NC(C)c3cc(F)ccc3N3CCC(O)CC3)nc2)cc1. The van der Waals surface area contributed by atoms with E-state index in [2.05, 4.69) is 20.5 Å². The van der Waals surface area contributed by atoms with Gasteiger partial charge in [0.05, 0.1) is 17.7 Å². The molecule has 0 spiro atoms. The number of carbonyl (C=O) groups is 1. The molecule has 0 radical (unpaired) electrons. The van der Waals surface area contributed by atoms with Gasteiger partial charge in [-0.05, 0) is 69.2 Å². The average molecular weight is 449 g/mol. The summed E-state index contributed by atoms with van der Waals surface area (Å²) in [7, 11) is 0. The van der Waals surface area contributed by atoms with Gasteiger partial charge in [0.2, 0.25) is 0 Å². The number of amides is 1. The number of pyridine rings is 1. The van der Waals surface area contributed by atoms with Crippen LogP contribution in [0.3, 0.4) is 0 Å². The van der Waals surface area contributed by atoms with Crippen molar-refractivity contribution in [3.63, 3.8) is 0 Å². The molecule has 2 aromatic carbocycles. The molecule has 0 bridgehead atoms. The predicted molar refractivity (Wildman–Crippen MR) is 129 cm³/mol. The van der Waals surface area contributed by atoms with Gasteiger partial charge in [-0.25, -0.2) is 9.37 Å². The summed E-state index contributed by atoms with van der Waals surface area (Å²) in [6, 6.07) is 15.7. The second kappa shape index (κ2) is 10.0. The Bertz CT molecular complexity index is 1090. The van der Waals surface area contributed by atoms with Crippen molar-refractivity contribution in [1.29, 1.82) is 0 Å². The minimum absolute atomic E-state index is 0.206. The first kappa shape index (κ1) is 22.7. The number of rotatable bonds is 6. The van der Waals surface area contributed by atoms with E-state index in [4.69, 9.17) is 0 Å². The third-order valence-electron chi connectivity index (χ3n) is 5.96. The van der Waals surface area contributed by atoms with Crippen LogP contribution in [0.15, 0.2) is 60.8 Å². The van der Waals surface area contributed by atoms with Gasteiger partial charge in [-0.2, -0.15) is 0 Å². The molecule has 1 unspecified atom stereocenters. The summed E-state index contributed by atoms with van der Waals surface area (Å²) in [5, 5.41) is 16.0. The first-order valence-electron chi connectivity index (χ1n) is 11.2. The van der Waals surface area contributed by atoms with Crippen molar-refractivity contribution in [2.75, 3.05) is 28.6 Å². The molecule has 2 heterocycles. The zero-order chi connectivity index (χ0) is 23.4. The van der Waals surface area contributed by atoms with Crippen molar-refractivity contribution in [2.24, 2.45) is 0 Å². The number of piperidine rings is 1. The molecule has 1 aliphatic rings. The van der Waals surface area contributed by atoms with Crippen LogP contribution in [0.4, 0.5) is 21.6 Å². The van der Waals surface area contributed by atoms with Crippen LogP contribution in [0.25, 0.3) is 0 Å². The molecule has 4 rings (SSSR count). The molecule has 0 aliphatic carbocycles. The Morgan fingerprint density at radius 2 is 1.85 bits per heavy atom. The number of halogens is 1. The highest BCUT2D eigenvalue weighted by Crippen LogP contribution is 2.31. The zero-order valence-corrected chi connectivity index (χ0v) is 18.9. The number of aryl methyl sites for hydroxylation is 1. The summed E-state index contributed by atoms with van der Waals surface area (Å²) in [6.45, 7) is 5.41. The van der Waals surface area contributed by atoms with E-state index in [1.165, 1.54) is 12.3 Å². The summed E-state index contributed by atoms with van der Waals surface area (Å²) in [4.78, 5) is 19.1. The van der Waals surface area contributed by atoms with Crippen LogP contribution in [0.1, 0.15) is 47.3 Å². The van der Waals surface area contributed by atoms with E-state index in [0.29, 0.717) is 24.2 Å². The lowest BCUT2D eigenvalue weighted by Gasteiger charge is -2.34. The maximum Gasteiger partial charge on any atom is 0.257 e. The number of hydrogen-bond donors (Lipinski definition) is 3. The number of aliphatic hydroxyl groups excluding tert-OH is 1. The molecule has 1 saturated heterocycles. The summed E-state index contributed by atoms with van der Waals surface area (Å²) in [5.74, 6) is 0.0693. The van der Waals surface area contributed by atoms with Gasteiger partial charge in [0.15, 0.2) is 0 Å². The van der Waals surface area contributed by atoms with Gasteiger partial charge >= 0.3 is 0 Å². The van der Waals surface area contributed by atoms with Gasteiger partial charge < -0.3 is 20.6 Å². The Morgan fingerprint density at radius 3 is 2.52 bits per heavy atom. The lowest BCUT2D eigenvalue weighted by Crippen LogP contribution is -2.36. The molecular formula is C26H29FN4O2. The number of nitrogens with zero attached hydrogens (tertiary/aromatic N) is 2. The van der Waals surface area contributed by atoms with Crippen molar-refractivity contribution in [1.82, 2.24) is 4.98 Å². The fourth-order valence-corrected chi connectivity index (χ4v) is 4.02. The number of nitrogens with one attached hydrogen (secondary N) is 2. The Morgan fingerprint density at radius 1 is 1.12 bits per heavy atom. The van der Waals surface area contributed by atoms with Crippen molar-refractivity contribution < 1.29 is 14.3 Å². The summed E-state index contributed by atoms with van der Waals surface area (Å²) >= 11 is 0. The molecule has 172 valence electrons. The molecule has 1 aromatic heterocycles. The van der Waals surface area contributed by atoms with Crippen molar-refractivity contribution in [2.45, 2.75) is 38.8 Å². The van der Waals surface area contributed by atoms with Gasteiger partial charge in [0.25, 0.3) is 5.91 Å². The lowest BCUT2D eigenvalue weighted by molar-refractivity contribution is 0.102. The molecular weight excluding hydrogens is 419 g/mol. The largest absolute Gasteiger partial charge is 0.393 e. The first-order chi connectivity index (χ1) is 15.9. The van der Waals surface area contributed by atoms with Crippen LogP contribution in [0.2, 0.25) is 0 Å². The number of hydrogen-bond acceptors (Lipinski definition) is 5. The fraction of sp³-hybridized carbons (Fsp3) is 0.308. The topological polar surface area (TPSA) is 77.5 Å². The molecule has 1 fully saturated rings. The normalized spacial score (nSPS) is 15.2.